The van der Waals surface area contributed by atoms with Gasteiger partial charge in [-0.15, -0.1) is 0 Å². The lowest BCUT2D eigenvalue weighted by Crippen LogP contribution is -2.74. The summed E-state index contributed by atoms with van der Waals surface area (Å²) in [6.07, 6.45) is 0. The maximum Gasteiger partial charge on any atom is 0.179 e. The fraction of sp³-hybridized carbons (Fsp3) is 0. The second-order valence-electron chi connectivity index (χ2n) is 14.9. The molecule has 2 heterocycles. The Hall–Kier alpha value is -7.20. The minimum atomic E-state index is -2.76. The molecule has 0 spiro atoms. The molecule has 0 aliphatic rings. The lowest BCUT2D eigenvalue weighted by molar-refractivity contribution is 1.17. The van der Waals surface area contributed by atoms with Crippen molar-refractivity contribution in [1.82, 2.24) is 9.13 Å². The fourth-order valence-electron chi connectivity index (χ4n) is 9.43. The first-order chi connectivity index (χ1) is 28.3. The van der Waals surface area contributed by atoms with Crippen LogP contribution in [0.25, 0.3) is 66.1 Å². The molecule has 0 radical (unpaired) electrons. The number of benzene rings is 9. The third kappa shape index (κ3) is 5.17. The van der Waals surface area contributed by atoms with E-state index in [1.165, 1.54) is 81.2 Å². The maximum atomic E-state index is 2.53. The summed E-state index contributed by atoms with van der Waals surface area (Å²) >= 11 is 0. The molecule has 268 valence electrons. The summed E-state index contributed by atoms with van der Waals surface area (Å²) in [5.41, 5.74) is 9.52. The second-order valence-corrected chi connectivity index (χ2v) is 18.7. The van der Waals surface area contributed by atoms with Crippen molar-refractivity contribution in [2.75, 3.05) is 0 Å². The number of nitrogens with zero attached hydrogens (tertiary/aromatic N) is 2. The highest BCUT2D eigenvalue weighted by Crippen LogP contribution is 2.40. The third-order valence-corrected chi connectivity index (χ3v) is 16.6. The number of rotatable bonds is 7. The van der Waals surface area contributed by atoms with Crippen molar-refractivity contribution in [2.24, 2.45) is 0 Å². The van der Waals surface area contributed by atoms with Crippen LogP contribution in [0.3, 0.4) is 0 Å². The second kappa shape index (κ2) is 13.5. The molecular weight excluding hydrogens is 705 g/mol. The van der Waals surface area contributed by atoms with Crippen LogP contribution in [-0.2, 0) is 0 Å². The van der Waals surface area contributed by atoms with Gasteiger partial charge >= 0.3 is 0 Å². The van der Waals surface area contributed by atoms with Gasteiger partial charge in [0.1, 0.15) is 0 Å². The Bertz CT molecular complexity index is 3110. The molecule has 0 atom stereocenters. The number of fused-ring (bicyclic) bond motifs is 6. The summed E-state index contributed by atoms with van der Waals surface area (Å²) in [6, 6.07) is 85.2. The zero-order valence-electron chi connectivity index (χ0n) is 31.3. The minimum absolute atomic E-state index is 1.16. The zero-order valence-corrected chi connectivity index (χ0v) is 32.3. The number of para-hydroxylation sites is 2. The van der Waals surface area contributed by atoms with Crippen LogP contribution < -0.4 is 20.7 Å². The fourth-order valence-corrected chi connectivity index (χ4v) is 14.2. The van der Waals surface area contributed by atoms with Crippen LogP contribution in [0.2, 0.25) is 0 Å². The largest absolute Gasteiger partial charge is 0.309 e. The van der Waals surface area contributed by atoms with Gasteiger partial charge in [-0.2, -0.15) is 0 Å². The lowest BCUT2D eigenvalue weighted by atomic mass is 10.0. The molecule has 2 aromatic heterocycles. The number of aromatic nitrogens is 2. The van der Waals surface area contributed by atoms with E-state index in [9.17, 15) is 0 Å². The Morgan fingerprint density at radius 1 is 0.281 bits per heavy atom. The molecule has 9 aromatic carbocycles. The molecule has 0 aliphatic heterocycles. The van der Waals surface area contributed by atoms with Gasteiger partial charge in [0.15, 0.2) is 8.07 Å². The zero-order chi connectivity index (χ0) is 37.8. The van der Waals surface area contributed by atoms with Crippen LogP contribution in [0.1, 0.15) is 0 Å². The maximum absolute atomic E-state index is 2.76. The highest BCUT2D eigenvalue weighted by Gasteiger charge is 2.41. The molecule has 57 heavy (non-hydrogen) atoms. The summed E-state index contributed by atoms with van der Waals surface area (Å²) in [7, 11) is -2.76. The Kier molecular flexibility index (Phi) is 7.87. The average molecular weight is 743 g/mol. The van der Waals surface area contributed by atoms with Crippen LogP contribution in [0.4, 0.5) is 0 Å². The van der Waals surface area contributed by atoms with Gasteiger partial charge < -0.3 is 9.13 Å². The summed E-state index contributed by atoms with van der Waals surface area (Å²) in [5, 5.41) is 10.5. The van der Waals surface area contributed by atoms with Gasteiger partial charge in [-0.25, -0.2) is 0 Å². The van der Waals surface area contributed by atoms with Gasteiger partial charge in [0.2, 0.25) is 0 Å². The van der Waals surface area contributed by atoms with Gasteiger partial charge in [-0.05, 0) is 74.3 Å². The molecule has 11 aromatic rings. The van der Waals surface area contributed by atoms with E-state index in [4.69, 9.17) is 0 Å². The van der Waals surface area contributed by atoms with Crippen molar-refractivity contribution in [1.29, 1.82) is 0 Å². The molecule has 0 aliphatic carbocycles. The van der Waals surface area contributed by atoms with Crippen molar-refractivity contribution in [3.8, 4) is 22.5 Å². The first-order valence-electron chi connectivity index (χ1n) is 19.7. The molecule has 3 heteroatoms. The standard InChI is InChI=1S/C54H38N2Si/c1-6-19-39(20-7-1)40-33-35-46-48-38-45(57(42-23-10-3-11-24-42,43-25-12-4-13-26-43)44-27-14-5-15-28-44)34-36-50(48)56(53(46)37-40)52-32-18-31-51-54(52)47-29-16-17-30-49(47)55(51)41-21-8-2-9-22-41/h1-38H. The van der Waals surface area contributed by atoms with E-state index in [0.29, 0.717) is 0 Å². The van der Waals surface area contributed by atoms with Gasteiger partial charge in [-0.1, -0.05) is 188 Å². The molecule has 0 N–H and O–H groups in total. The predicted molar refractivity (Wildman–Crippen MR) is 244 cm³/mol. The van der Waals surface area contributed by atoms with Crippen molar-refractivity contribution in [3.05, 3.63) is 231 Å². The van der Waals surface area contributed by atoms with Crippen LogP contribution in [0, 0.1) is 0 Å². The Morgan fingerprint density at radius 3 is 1.47 bits per heavy atom. The summed E-state index contributed by atoms with van der Waals surface area (Å²) in [4.78, 5) is 0. The highest BCUT2D eigenvalue weighted by molar-refractivity contribution is 7.20. The topological polar surface area (TPSA) is 9.86 Å². The first kappa shape index (κ1) is 33.2. The number of hydrogen-bond acceptors (Lipinski definition) is 0. The molecule has 0 unspecified atom stereocenters. The quantitative estimate of drug-likeness (QED) is 0.114. The molecule has 0 saturated carbocycles. The third-order valence-electron chi connectivity index (χ3n) is 11.9. The summed E-state index contributed by atoms with van der Waals surface area (Å²) < 4.78 is 4.94. The van der Waals surface area contributed by atoms with Gasteiger partial charge in [-0.3, -0.25) is 0 Å². The van der Waals surface area contributed by atoms with E-state index in [-0.39, 0.29) is 0 Å². The Morgan fingerprint density at radius 2 is 0.825 bits per heavy atom. The molecule has 0 bridgehead atoms. The van der Waals surface area contributed by atoms with Crippen LogP contribution in [0.5, 0.6) is 0 Å². The number of hydrogen-bond donors (Lipinski definition) is 0. The molecular formula is C54H38N2Si. The predicted octanol–water partition coefficient (Wildman–Crippen LogP) is 10.9. The average Bonchev–Trinajstić information content (AvgIpc) is 3.81. The summed E-state index contributed by atoms with van der Waals surface area (Å²) in [6.45, 7) is 0. The minimum Gasteiger partial charge on any atom is -0.309 e. The van der Waals surface area contributed by atoms with E-state index in [0.717, 1.165) is 5.69 Å². The van der Waals surface area contributed by atoms with E-state index >= 15 is 0 Å². The monoisotopic (exact) mass is 742 g/mol. The SMILES string of the molecule is c1ccc(-c2ccc3c4cc([Si](c5ccccc5)(c5ccccc5)c5ccccc5)ccc4n(-c4cccc5c4c4ccccc4n5-c4ccccc4)c3c2)cc1. The van der Waals surface area contributed by atoms with Gasteiger partial charge in [0, 0.05) is 27.2 Å². The summed E-state index contributed by atoms with van der Waals surface area (Å²) in [5.74, 6) is 0. The molecule has 0 saturated heterocycles. The molecule has 2 nitrogen and oxygen atoms in total. The van der Waals surface area contributed by atoms with Gasteiger partial charge in [0.05, 0.1) is 27.8 Å². The molecule has 0 amide bonds. The van der Waals surface area contributed by atoms with Gasteiger partial charge in [0.25, 0.3) is 0 Å². The smallest absolute Gasteiger partial charge is 0.179 e. The highest BCUT2D eigenvalue weighted by atomic mass is 28.3. The molecule has 0 fully saturated rings. The molecule has 11 rings (SSSR count). The van der Waals surface area contributed by atoms with Crippen LogP contribution in [0.15, 0.2) is 231 Å². The van der Waals surface area contributed by atoms with E-state index in [2.05, 4.69) is 240 Å². The van der Waals surface area contributed by atoms with Crippen LogP contribution in [-0.4, -0.2) is 17.2 Å². The Balaban J connectivity index is 1.26. The van der Waals surface area contributed by atoms with Crippen molar-refractivity contribution in [2.45, 2.75) is 0 Å². The normalized spacial score (nSPS) is 11.9. The van der Waals surface area contributed by atoms with E-state index < -0.39 is 8.07 Å². The van der Waals surface area contributed by atoms with E-state index in [1.54, 1.807) is 0 Å². The lowest BCUT2D eigenvalue weighted by Gasteiger charge is -2.34. The van der Waals surface area contributed by atoms with E-state index in [1.807, 2.05) is 0 Å². The van der Waals surface area contributed by atoms with Crippen LogP contribution >= 0.6 is 0 Å². The van der Waals surface area contributed by atoms with Crippen molar-refractivity contribution in [3.63, 3.8) is 0 Å². The first-order valence-corrected chi connectivity index (χ1v) is 21.7. The Labute approximate surface area is 333 Å². The van der Waals surface area contributed by atoms with Crippen molar-refractivity contribution >= 4 is 72.4 Å². The van der Waals surface area contributed by atoms with Crippen molar-refractivity contribution < 1.29 is 0 Å².